The van der Waals surface area contributed by atoms with E-state index in [-0.39, 0.29) is 30.9 Å². The van der Waals surface area contributed by atoms with Crippen molar-refractivity contribution >= 4 is 21.4 Å². The van der Waals surface area contributed by atoms with Gasteiger partial charge in [0.1, 0.15) is 5.75 Å². The number of likely N-dealkylation sites (tertiary alicyclic amines) is 1. The van der Waals surface area contributed by atoms with Crippen LogP contribution in [-0.2, 0) is 20.0 Å². The number of ether oxygens (including phenoxy) is 1. The van der Waals surface area contributed by atoms with E-state index in [1.54, 1.807) is 18.2 Å². The van der Waals surface area contributed by atoms with Gasteiger partial charge >= 0.3 is 0 Å². The number of rotatable bonds is 8. The molecule has 2 aromatic rings. The minimum Gasteiger partial charge on any atom is -0.494 e. The van der Waals surface area contributed by atoms with E-state index in [0.717, 1.165) is 29.6 Å². The summed E-state index contributed by atoms with van der Waals surface area (Å²) in [5, 5.41) is 22.2. The molecule has 1 saturated heterocycles. The van der Waals surface area contributed by atoms with E-state index in [2.05, 4.69) is 16.3 Å². The number of sulfone groups is 1. The highest BCUT2D eigenvalue weighted by Crippen LogP contribution is 2.45. The zero-order valence-electron chi connectivity index (χ0n) is 19.7. The molecular weight excluding hydrogens is 492 g/mol. The number of hydrogen-bond acceptors (Lipinski definition) is 7. The largest absolute Gasteiger partial charge is 0.494 e. The summed E-state index contributed by atoms with van der Waals surface area (Å²) in [4.78, 5) is 14.5. The molecule has 0 aliphatic carbocycles. The van der Waals surface area contributed by atoms with Crippen molar-refractivity contribution in [2.45, 2.75) is 42.0 Å². The van der Waals surface area contributed by atoms with Crippen molar-refractivity contribution in [2.75, 3.05) is 37.9 Å². The van der Waals surface area contributed by atoms with E-state index < -0.39 is 32.1 Å². The van der Waals surface area contributed by atoms with Gasteiger partial charge in [0.2, 0.25) is 5.91 Å². The monoisotopic (exact) mass is 519 g/mol. The van der Waals surface area contributed by atoms with Crippen LogP contribution in [0.2, 0.25) is 0 Å². The Morgan fingerprint density at radius 1 is 1.22 bits per heavy atom. The molecule has 8 nitrogen and oxygen atoms in total. The minimum atomic E-state index is -3.80. The second-order valence-corrected chi connectivity index (χ2v) is 11.2. The number of aliphatic hydroxyl groups is 1. The van der Waals surface area contributed by atoms with E-state index in [0.29, 0.717) is 37.9 Å². The number of fused-ring (bicyclic) bond motifs is 2. The molecule has 0 saturated carbocycles. The average molecular weight is 520 g/mol. The molecule has 4 rings (SSSR count). The van der Waals surface area contributed by atoms with Crippen LogP contribution < -0.4 is 10.1 Å². The number of nitriles is 1. The molecule has 1 fully saturated rings. The number of carbonyl (C=O) groups excluding carboxylic acids is 1. The average Bonchev–Trinajstić information content (AvgIpc) is 3.11. The molecule has 2 aromatic carbocycles. The molecule has 2 heterocycles. The Bertz CT molecular complexity index is 1300. The van der Waals surface area contributed by atoms with Gasteiger partial charge in [0.25, 0.3) is 6.43 Å². The molecule has 2 aliphatic rings. The van der Waals surface area contributed by atoms with Gasteiger partial charge in [-0.1, -0.05) is 0 Å². The third-order valence-electron chi connectivity index (χ3n) is 7.06. The number of amides is 1. The van der Waals surface area contributed by atoms with Gasteiger partial charge < -0.3 is 15.2 Å². The van der Waals surface area contributed by atoms with Gasteiger partial charge in [-0.2, -0.15) is 5.26 Å². The minimum absolute atomic E-state index is 0.0801. The second kappa shape index (κ2) is 10.1. The summed E-state index contributed by atoms with van der Waals surface area (Å²) in [6, 6.07) is 10.5. The van der Waals surface area contributed by atoms with Crippen molar-refractivity contribution in [3.8, 4) is 11.8 Å². The first-order valence-corrected chi connectivity index (χ1v) is 13.4. The first-order chi connectivity index (χ1) is 17.1. The lowest BCUT2D eigenvalue weighted by Crippen LogP contribution is -2.50. The number of carbonyl (C=O) groups is 1. The van der Waals surface area contributed by atoms with Crippen LogP contribution in [0, 0.1) is 11.3 Å². The molecule has 11 heteroatoms. The normalized spacial score (nSPS) is 18.1. The smallest absolute Gasteiger partial charge is 0.265 e. The molecule has 1 atom stereocenters. The Kier molecular flexibility index (Phi) is 7.31. The summed E-state index contributed by atoms with van der Waals surface area (Å²) in [5.41, 5.74) is 0.746. The standard InChI is InChI=1S/C25H27F2N3O5S/c1-36(33,34)22-5-3-18(13-19(22)23(26)27)35-11-6-17(15-31)30-9-7-25(8-10-30)20-12-16(14-28)2-4-21(20)29-24(25)32/h2-5,12-13,17,23,31H,6-11,15H2,1H3,(H,29,32). The van der Waals surface area contributed by atoms with Gasteiger partial charge in [-0.15, -0.1) is 0 Å². The van der Waals surface area contributed by atoms with Crippen LogP contribution in [0.5, 0.6) is 5.75 Å². The summed E-state index contributed by atoms with van der Waals surface area (Å²) in [7, 11) is -3.80. The lowest BCUT2D eigenvalue weighted by atomic mass is 9.73. The number of nitrogens with one attached hydrogen (secondary N) is 1. The van der Waals surface area contributed by atoms with Crippen molar-refractivity contribution in [2.24, 2.45) is 0 Å². The molecule has 1 unspecified atom stereocenters. The zero-order chi connectivity index (χ0) is 26.1. The molecule has 0 radical (unpaired) electrons. The molecule has 192 valence electrons. The first-order valence-electron chi connectivity index (χ1n) is 11.5. The Morgan fingerprint density at radius 2 is 1.94 bits per heavy atom. The van der Waals surface area contributed by atoms with Crippen molar-refractivity contribution in [3.63, 3.8) is 0 Å². The van der Waals surface area contributed by atoms with Gasteiger partial charge in [0, 0.05) is 23.5 Å². The number of benzene rings is 2. The summed E-state index contributed by atoms with van der Waals surface area (Å²) < 4.78 is 55.9. The highest BCUT2D eigenvalue weighted by Gasteiger charge is 2.49. The van der Waals surface area contributed by atoms with E-state index >= 15 is 0 Å². The quantitative estimate of drug-likeness (QED) is 0.550. The van der Waals surface area contributed by atoms with Crippen LogP contribution in [0.1, 0.15) is 42.4 Å². The van der Waals surface area contributed by atoms with Gasteiger partial charge in [-0.3, -0.25) is 9.69 Å². The highest BCUT2D eigenvalue weighted by molar-refractivity contribution is 7.90. The van der Waals surface area contributed by atoms with E-state index in [4.69, 9.17) is 4.74 Å². The summed E-state index contributed by atoms with van der Waals surface area (Å²) in [5.74, 6) is 0.0445. The van der Waals surface area contributed by atoms with Crippen LogP contribution in [0.15, 0.2) is 41.3 Å². The maximum Gasteiger partial charge on any atom is 0.265 e. The topological polar surface area (TPSA) is 120 Å². The first kappa shape index (κ1) is 26.0. The summed E-state index contributed by atoms with van der Waals surface area (Å²) >= 11 is 0. The van der Waals surface area contributed by atoms with Crippen LogP contribution in [0.4, 0.5) is 14.5 Å². The highest BCUT2D eigenvalue weighted by atomic mass is 32.2. The number of halogens is 2. The molecule has 2 aliphatic heterocycles. The third-order valence-corrected chi connectivity index (χ3v) is 8.23. The Balaban J connectivity index is 1.39. The molecule has 36 heavy (non-hydrogen) atoms. The van der Waals surface area contributed by atoms with Crippen molar-refractivity contribution in [1.82, 2.24) is 4.90 Å². The number of hydrogen-bond donors (Lipinski definition) is 2. The number of anilines is 1. The Morgan fingerprint density at radius 3 is 2.56 bits per heavy atom. The van der Waals surface area contributed by atoms with Crippen LogP contribution >= 0.6 is 0 Å². The molecule has 1 spiro atoms. The lowest BCUT2D eigenvalue weighted by molar-refractivity contribution is -0.122. The van der Waals surface area contributed by atoms with Gasteiger partial charge in [0.05, 0.1) is 35.2 Å². The lowest BCUT2D eigenvalue weighted by Gasteiger charge is -2.41. The SMILES string of the molecule is CS(=O)(=O)c1ccc(OCCC(CO)N2CCC3(CC2)C(=O)Nc2ccc(C#N)cc23)cc1C(F)F. The van der Waals surface area contributed by atoms with Gasteiger partial charge in [-0.25, -0.2) is 17.2 Å². The van der Waals surface area contributed by atoms with Crippen molar-refractivity contribution in [1.29, 1.82) is 5.26 Å². The number of aliphatic hydroxyl groups excluding tert-OH is 1. The van der Waals surface area contributed by atoms with E-state index in [1.807, 2.05) is 0 Å². The molecular formula is C25H27F2N3O5S. The molecule has 1 amide bonds. The molecule has 0 aromatic heterocycles. The maximum atomic E-state index is 13.4. The predicted molar refractivity (Wildman–Crippen MR) is 128 cm³/mol. The fourth-order valence-corrected chi connectivity index (χ4v) is 5.97. The number of piperidine rings is 1. The Labute approximate surface area is 208 Å². The van der Waals surface area contributed by atoms with Crippen molar-refractivity contribution in [3.05, 3.63) is 53.1 Å². The number of alkyl halides is 2. The molecule has 0 bridgehead atoms. The van der Waals surface area contributed by atoms with Crippen molar-refractivity contribution < 1.29 is 31.8 Å². The fourth-order valence-electron chi connectivity index (χ4n) is 5.08. The van der Waals surface area contributed by atoms with E-state index in [9.17, 15) is 32.4 Å². The maximum absolute atomic E-state index is 13.4. The van der Waals surface area contributed by atoms with E-state index in [1.165, 1.54) is 6.07 Å². The van der Waals surface area contributed by atoms with Crippen LogP contribution in [0.3, 0.4) is 0 Å². The fraction of sp³-hybridized carbons (Fsp3) is 0.440. The van der Waals surface area contributed by atoms with Crippen LogP contribution in [0.25, 0.3) is 0 Å². The predicted octanol–water partition coefficient (Wildman–Crippen LogP) is 3.02. The van der Waals surface area contributed by atoms with Gasteiger partial charge in [0.15, 0.2) is 9.84 Å². The number of nitrogens with zero attached hydrogens (tertiary/aromatic N) is 2. The Hall–Kier alpha value is -3.07. The zero-order valence-corrected chi connectivity index (χ0v) is 20.5. The molecule has 2 N–H and O–H groups in total. The van der Waals surface area contributed by atoms with Crippen LogP contribution in [-0.4, -0.2) is 62.9 Å². The summed E-state index contributed by atoms with van der Waals surface area (Å²) in [6.45, 7) is 1.08. The third kappa shape index (κ3) is 4.93. The van der Waals surface area contributed by atoms with Gasteiger partial charge in [-0.05, 0) is 74.3 Å². The second-order valence-electron chi connectivity index (χ2n) is 9.19. The summed E-state index contributed by atoms with van der Waals surface area (Å²) in [6.07, 6.45) is -0.625.